The molecule has 2 aromatic rings. The first-order valence-corrected chi connectivity index (χ1v) is 4.90. The highest BCUT2D eigenvalue weighted by atomic mass is 32.1. The molecule has 0 atom stereocenters. The molecule has 0 spiro atoms. The Hall–Kier alpha value is -1.10. The summed E-state index contributed by atoms with van der Waals surface area (Å²) in [6.45, 7) is 6.40. The molecule has 5 heteroatoms. The molecule has 0 fully saturated rings. The van der Waals surface area contributed by atoms with Crippen molar-refractivity contribution in [3.8, 4) is 0 Å². The van der Waals surface area contributed by atoms with Crippen LogP contribution in [0.15, 0.2) is 6.20 Å². The zero-order valence-electron chi connectivity index (χ0n) is 7.90. The fourth-order valence-corrected chi connectivity index (χ4v) is 1.97. The Labute approximate surface area is 80.4 Å². The van der Waals surface area contributed by atoms with E-state index in [9.17, 15) is 0 Å². The topological polar surface area (TPSA) is 56.2 Å². The molecule has 0 aliphatic heterocycles. The molecule has 0 saturated carbocycles. The summed E-state index contributed by atoms with van der Waals surface area (Å²) in [5.41, 5.74) is 5.61. The van der Waals surface area contributed by atoms with Gasteiger partial charge in [-0.25, -0.2) is 9.50 Å². The summed E-state index contributed by atoms with van der Waals surface area (Å²) in [5.74, 6) is 0.527. The van der Waals surface area contributed by atoms with E-state index < -0.39 is 0 Å². The van der Waals surface area contributed by atoms with Gasteiger partial charge in [-0.2, -0.15) is 5.10 Å². The molecule has 0 aromatic carbocycles. The van der Waals surface area contributed by atoms with E-state index in [-0.39, 0.29) is 5.41 Å². The highest BCUT2D eigenvalue weighted by Gasteiger charge is 2.19. The van der Waals surface area contributed by atoms with Crippen LogP contribution in [0, 0.1) is 0 Å². The van der Waals surface area contributed by atoms with Crippen LogP contribution in [0.2, 0.25) is 0 Å². The second-order valence-corrected chi connectivity index (χ2v) is 5.01. The number of nitrogens with zero attached hydrogens (tertiary/aromatic N) is 3. The van der Waals surface area contributed by atoms with Crippen LogP contribution >= 0.6 is 11.3 Å². The lowest BCUT2D eigenvalue weighted by Gasteiger charge is -2.12. The van der Waals surface area contributed by atoms with E-state index in [0.717, 1.165) is 9.97 Å². The maximum absolute atomic E-state index is 5.53. The average Bonchev–Trinajstić information content (AvgIpc) is 2.40. The van der Waals surface area contributed by atoms with E-state index >= 15 is 0 Å². The minimum absolute atomic E-state index is 0.0835. The van der Waals surface area contributed by atoms with Crippen molar-refractivity contribution in [2.45, 2.75) is 26.2 Å². The molecular formula is C8H12N4S. The number of nitrogen functional groups attached to an aromatic ring is 1. The van der Waals surface area contributed by atoms with Crippen molar-refractivity contribution in [1.29, 1.82) is 0 Å². The van der Waals surface area contributed by atoms with Crippen molar-refractivity contribution in [3.63, 3.8) is 0 Å². The molecule has 70 valence electrons. The van der Waals surface area contributed by atoms with Crippen LogP contribution in [0.25, 0.3) is 4.96 Å². The molecule has 2 rings (SSSR count). The Morgan fingerprint density at radius 3 is 2.69 bits per heavy atom. The minimum atomic E-state index is 0.0835. The van der Waals surface area contributed by atoms with Crippen molar-refractivity contribution >= 4 is 22.1 Å². The van der Waals surface area contributed by atoms with Crippen LogP contribution in [-0.2, 0) is 5.41 Å². The van der Waals surface area contributed by atoms with E-state index in [1.807, 2.05) is 0 Å². The maximum atomic E-state index is 5.53. The maximum Gasteiger partial charge on any atom is 0.214 e. The molecule has 0 bridgehead atoms. The number of rotatable bonds is 0. The molecule has 0 amide bonds. The zero-order valence-corrected chi connectivity index (χ0v) is 8.72. The number of imidazole rings is 1. The van der Waals surface area contributed by atoms with E-state index in [1.54, 1.807) is 22.0 Å². The van der Waals surface area contributed by atoms with Crippen molar-refractivity contribution in [2.24, 2.45) is 0 Å². The predicted molar refractivity (Wildman–Crippen MR) is 54.0 cm³/mol. The first-order valence-electron chi connectivity index (χ1n) is 4.09. The third-order valence-electron chi connectivity index (χ3n) is 1.70. The lowest BCUT2D eigenvalue weighted by atomic mass is 9.98. The summed E-state index contributed by atoms with van der Waals surface area (Å²) in [6.07, 6.45) is 1.74. The fourth-order valence-electron chi connectivity index (χ4n) is 1.02. The van der Waals surface area contributed by atoms with Gasteiger partial charge in [0.2, 0.25) is 4.96 Å². The molecule has 2 aromatic heterocycles. The monoisotopic (exact) mass is 196 g/mol. The van der Waals surface area contributed by atoms with Gasteiger partial charge in [0, 0.05) is 5.41 Å². The van der Waals surface area contributed by atoms with Crippen molar-refractivity contribution < 1.29 is 0 Å². The van der Waals surface area contributed by atoms with Crippen molar-refractivity contribution in [2.75, 3.05) is 5.73 Å². The first-order chi connectivity index (χ1) is 5.97. The molecule has 0 aliphatic rings. The number of nitrogens with two attached hydrogens (primary N) is 1. The molecule has 4 nitrogen and oxygen atoms in total. The van der Waals surface area contributed by atoms with Gasteiger partial charge in [0.25, 0.3) is 0 Å². The molecule has 0 aliphatic carbocycles. The highest BCUT2D eigenvalue weighted by molar-refractivity contribution is 7.16. The van der Waals surface area contributed by atoms with Gasteiger partial charge in [-0.3, -0.25) is 0 Å². The van der Waals surface area contributed by atoms with Crippen LogP contribution in [0.5, 0.6) is 0 Å². The molecular weight excluding hydrogens is 184 g/mol. The van der Waals surface area contributed by atoms with Gasteiger partial charge >= 0.3 is 0 Å². The smallest absolute Gasteiger partial charge is 0.214 e. The summed E-state index contributed by atoms with van der Waals surface area (Å²) < 4.78 is 1.74. The molecule has 0 radical (unpaired) electrons. The average molecular weight is 196 g/mol. The number of hydrogen-bond donors (Lipinski definition) is 1. The van der Waals surface area contributed by atoms with Gasteiger partial charge in [-0.15, -0.1) is 0 Å². The summed E-state index contributed by atoms with van der Waals surface area (Å²) in [4.78, 5) is 5.01. The summed E-state index contributed by atoms with van der Waals surface area (Å²) in [5, 5.41) is 5.48. The Balaban J connectivity index is 2.57. The van der Waals surface area contributed by atoms with Crippen LogP contribution in [-0.4, -0.2) is 14.6 Å². The van der Waals surface area contributed by atoms with Crippen LogP contribution in [0.4, 0.5) is 5.82 Å². The molecule has 0 saturated heterocycles. The highest BCUT2D eigenvalue weighted by Crippen LogP contribution is 2.27. The van der Waals surface area contributed by atoms with E-state index in [4.69, 9.17) is 5.73 Å². The Morgan fingerprint density at radius 2 is 2.15 bits per heavy atom. The standard InChI is InChI=1S/C8H12N4S/c1-8(2,3)6-11-12-4-5(9)10-7(12)13-6/h4H,9H2,1-3H3. The predicted octanol–water partition coefficient (Wildman–Crippen LogP) is 1.67. The Morgan fingerprint density at radius 1 is 1.46 bits per heavy atom. The second-order valence-electron chi connectivity index (χ2n) is 4.05. The van der Waals surface area contributed by atoms with Gasteiger partial charge in [-0.1, -0.05) is 32.1 Å². The Bertz CT molecular complexity index is 403. The fraction of sp³-hybridized carbons (Fsp3) is 0.500. The van der Waals surface area contributed by atoms with Gasteiger partial charge in [0.1, 0.15) is 10.8 Å². The zero-order chi connectivity index (χ0) is 9.64. The molecule has 2 heterocycles. The quantitative estimate of drug-likeness (QED) is 0.697. The largest absolute Gasteiger partial charge is 0.382 e. The van der Waals surface area contributed by atoms with Gasteiger partial charge in [0.05, 0.1) is 6.20 Å². The van der Waals surface area contributed by atoms with Crippen LogP contribution < -0.4 is 5.73 Å². The number of aromatic nitrogens is 3. The first kappa shape index (κ1) is 8.50. The van der Waals surface area contributed by atoms with Gasteiger partial charge < -0.3 is 5.73 Å². The van der Waals surface area contributed by atoms with Gasteiger partial charge in [-0.05, 0) is 0 Å². The third-order valence-corrected chi connectivity index (χ3v) is 3.05. The summed E-state index contributed by atoms with van der Waals surface area (Å²) >= 11 is 1.59. The van der Waals surface area contributed by atoms with E-state index in [0.29, 0.717) is 5.82 Å². The van der Waals surface area contributed by atoms with Gasteiger partial charge in [0.15, 0.2) is 0 Å². The number of fused-ring (bicyclic) bond motifs is 1. The molecule has 0 unspecified atom stereocenters. The molecule has 2 N–H and O–H groups in total. The normalized spacial score (nSPS) is 12.5. The Kier molecular flexibility index (Phi) is 1.60. The number of hydrogen-bond acceptors (Lipinski definition) is 4. The lowest BCUT2D eigenvalue weighted by molar-refractivity contribution is 0.574. The summed E-state index contributed by atoms with van der Waals surface area (Å²) in [6, 6.07) is 0. The van der Waals surface area contributed by atoms with E-state index in [1.165, 1.54) is 0 Å². The van der Waals surface area contributed by atoms with Crippen LogP contribution in [0.1, 0.15) is 25.8 Å². The SMILES string of the molecule is CC(C)(C)c1nn2cc(N)nc2s1. The molecule has 13 heavy (non-hydrogen) atoms. The van der Waals surface area contributed by atoms with E-state index in [2.05, 4.69) is 30.9 Å². The number of anilines is 1. The third kappa shape index (κ3) is 1.39. The van der Waals surface area contributed by atoms with Crippen molar-refractivity contribution in [3.05, 3.63) is 11.2 Å². The second kappa shape index (κ2) is 2.45. The lowest BCUT2D eigenvalue weighted by Crippen LogP contribution is -2.10. The minimum Gasteiger partial charge on any atom is -0.382 e. The van der Waals surface area contributed by atoms with Crippen molar-refractivity contribution in [1.82, 2.24) is 14.6 Å². The summed E-state index contributed by atoms with van der Waals surface area (Å²) in [7, 11) is 0. The van der Waals surface area contributed by atoms with Crippen LogP contribution in [0.3, 0.4) is 0 Å².